The van der Waals surface area contributed by atoms with Crippen molar-refractivity contribution in [3.05, 3.63) is 70.0 Å². The molecular weight excluding hydrogens is 320 g/mol. The summed E-state index contributed by atoms with van der Waals surface area (Å²) in [6, 6.07) is -0.735. The minimum absolute atomic E-state index is 0.145. The normalized spacial score (nSPS) is 14.2. The molecule has 0 spiro atoms. The quantitative estimate of drug-likeness (QED) is 0.299. The van der Waals surface area contributed by atoms with Crippen molar-refractivity contribution in [1.82, 2.24) is 5.32 Å². The van der Waals surface area contributed by atoms with Gasteiger partial charge in [0.05, 0.1) is 11.0 Å². The number of hydrogen-bond donors (Lipinski definition) is 1. The van der Waals surface area contributed by atoms with Crippen LogP contribution in [0, 0.1) is 16.0 Å². The summed E-state index contributed by atoms with van der Waals surface area (Å²) < 4.78 is 0. The predicted molar refractivity (Wildman–Crippen MR) is 99.4 cm³/mol. The van der Waals surface area contributed by atoms with Crippen molar-refractivity contribution >= 4 is 11.7 Å². The minimum atomic E-state index is -0.735. The molecule has 0 aromatic carbocycles. The number of allylic oxidation sites excluding steroid dienone is 6. The Bertz CT molecular complexity index is 652. The maximum Gasteiger partial charge on any atom is 0.262 e. The van der Waals surface area contributed by atoms with Gasteiger partial charge in [0, 0.05) is 17.2 Å². The second-order valence-corrected chi connectivity index (χ2v) is 5.76. The molecule has 6 heteroatoms. The second kappa shape index (κ2) is 10.9. The van der Waals surface area contributed by atoms with Gasteiger partial charge in [-0.05, 0) is 39.3 Å². The number of carbonyl (C=O) groups is 2. The Kier molecular flexibility index (Phi) is 9.71. The van der Waals surface area contributed by atoms with Crippen molar-refractivity contribution in [3.63, 3.8) is 0 Å². The summed E-state index contributed by atoms with van der Waals surface area (Å²) in [7, 11) is 0. The van der Waals surface area contributed by atoms with E-state index in [0.717, 1.165) is 0 Å². The van der Waals surface area contributed by atoms with Gasteiger partial charge in [-0.15, -0.1) is 0 Å². The van der Waals surface area contributed by atoms with E-state index in [1.165, 1.54) is 12.2 Å². The molecule has 0 radical (unpaired) electrons. The van der Waals surface area contributed by atoms with Crippen molar-refractivity contribution in [2.45, 2.75) is 40.7 Å². The molecular formula is C19H26N2O4. The van der Waals surface area contributed by atoms with Crippen LogP contribution in [0.15, 0.2) is 59.9 Å². The molecule has 0 saturated carbocycles. The van der Waals surface area contributed by atoms with E-state index in [-0.39, 0.29) is 28.9 Å². The van der Waals surface area contributed by atoms with E-state index in [0.29, 0.717) is 5.57 Å². The molecule has 1 unspecified atom stereocenters. The van der Waals surface area contributed by atoms with Crippen molar-refractivity contribution in [1.29, 1.82) is 0 Å². The van der Waals surface area contributed by atoms with Gasteiger partial charge in [-0.3, -0.25) is 19.7 Å². The fraction of sp³-hybridized carbons (Fsp3) is 0.368. The van der Waals surface area contributed by atoms with E-state index < -0.39 is 11.0 Å². The lowest BCUT2D eigenvalue weighted by molar-refractivity contribution is -0.418. The Morgan fingerprint density at radius 3 is 2.24 bits per heavy atom. The topological polar surface area (TPSA) is 89.3 Å². The molecule has 0 bridgehead atoms. The van der Waals surface area contributed by atoms with Crippen LogP contribution in [0.2, 0.25) is 0 Å². The van der Waals surface area contributed by atoms with Crippen LogP contribution in [0.4, 0.5) is 0 Å². The van der Waals surface area contributed by atoms with Crippen LogP contribution >= 0.6 is 0 Å². The fourth-order valence-corrected chi connectivity index (χ4v) is 1.85. The highest BCUT2D eigenvalue weighted by Gasteiger charge is 2.26. The van der Waals surface area contributed by atoms with Gasteiger partial charge >= 0.3 is 0 Å². The average Bonchev–Trinajstić information content (AvgIpc) is 2.56. The SMILES string of the molecule is C=C(/C=C\C(=C/C)C(=O)C(NC(=O)/C(C)=C/C=C\C)C(C)C)[N+](=O)[O-]. The monoisotopic (exact) mass is 346 g/mol. The van der Waals surface area contributed by atoms with Crippen LogP contribution in [0.25, 0.3) is 0 Å². The van der Waals surface area contributed by atoms with Gasteiger partial charge in [-0.25, -0.2) is 0 Å². The van der Waals surface area contributed by atoms with Crippen molar-refractivity contribution in [3.8, 4) is 0 Å². The van der Waals surface area contributed by atoms with Crippen LogP contribution in [0.5, 0.6) is 0 Å². The molecule has 0 fully saturated rings. The first-order valence-corrected chi connectivity index (χ1v) is 7.98. The summed E-state index contributed by atoms with van der Waals surface area (Å²) in [4.78, 5) is 34.9. The highest BCUT2D eigenvalue weighted by molar-refractivity contribution is 6.05. The largest absolute Gasteiger partial charge is 0.342 e. The van der Waals surface area contributed by atoms with Gasteiger partial charge in [0.25, 0.3) is 5.70 Å². The van der Waals surface area contributed by atoms with E-state index in [4.69, 9.17) is 0 Å². The van der Waals surface area contributed by atoms with E-state index in [2.05, 4.69) is 11.9 Å². The molecule has 1 atom stereocenters. The molecule has 1 N–H and O–H groups in total. The Morgan fingerprint density at radius 1 is 1.20 bits per heavy atom. The number of Topliss-reactive ketones (excluding diaryl/α,β-unsaturated/α-hetero) is 1. The zero-order valence-electron chi connectivity index (χ0n) is 15.4. The van der Waals surface area contributed by atoms with Gasteiger partial charge in [-0.2, -0.15) is 0 Å². The highest BCUT2D eigenvalue weighted by atomic mass is 16.6. The van der Waals surface area contributed by atoms with E-state index in [9.17, 15) is 19.7 Å². The number of carbonyl (C=O) groups excluding carboxylic acids is 2. The first-order valence-electron chi connectivity index (χ1n) is 7.98. The molecule has 0 aliphatic heterocycles. The zero-order valence-corrected chi connectivity index (χ0v) is 15.4. The maximum atomic E-state index is 12.7. The first kappa shape index (κ1) is 22.2. The zero-order chi connectivity index (χ0) is 19.6. The Morgan fingerprint density at radius 2 is 1.80 bits per heavy atom. The molecule has 0 saturated heterocycles. The number of rotatable bonds is 9. The lowest BCUT2D eigenvalue weighted by atomic mass is 9.94. The molecule has 1 amide bonds. The van der Waals surface area contributed by atoms with Crippen molar-refractivity contribution < 1.29 is 14.5 Å². The predicted octanol–water partition coefficient (Wildman–Crippen LogP) is 3.51. The molecule has 0 aliphatic rings. The lowest BCUT2D eigenvalue weighted by Crippen LogP contribution is -2.45. The number of ketones is 1. The molecule has 25 heavy (non-hydrogen) atoms. The molecule has 0 aliphatic carbocycles. The van der Waals surface area contributed by atoms with E-state index in [1.807, 2.05) is 20.8 Å². The average molecular weight is 346 g/mol. The van der Waals surface area contributed by atoms with Crippen LogP contribution in [0.1, 0.15) is 34.6 Å². The maximum absolute atomic E-state index is 12.7. The Labute approximate surface area is 148 Å². The minimum Gasteiger partial charge on any atom is -0.342 e. The van der Waals surface area contributed by atoms with Crippen molar-refractivity contribution in [2.24, 2.45) is 5.92 Å². The molecule has 0 aromatic heterocycles. The van der Waals surface area contributed by atoms with Crippen LogP contribution in [0.3, 0.4) is 0 Å². The smallest absolute Gasteiger partial charge is 0.262 e. The Hall–Kier alpha value is -2.76. The van der Waals surface area contributed by atoms with Gasteiger partial charge in [-0.1, -0.05) is 38.2 Å². The Balaban J connectivity index is 5.38. The number of nitrogens with one attached hydrogen (secondary N) is 1. The second-order valence-electron chi connectivity index (χ2n) is 5.76. The summed E-state index contributed by atoms with van der Waals surface area (Å²) in [5.74, 6) is -0.788. The molecule has 6 nitrogen and oxygen atoms in total. The van der Waals surface area contributed by atoms with Gasteiger partial charge in [0.15, 0.2) is 5.78 Å². The summed E-state index contributed by atoms with van der Waals surface area (Å²) in [6.45, 7) is 12.1. The van der Waals surface area contributed by atoms with Gasteiger partial charge in [0.1, 0.15) is 0 Å². The van der Waals surface area contributed by atoms with Crippen LogP contribution in [-0.4, -0.2) is 22.7 Å². The van der Waals surface area contributed by atoms with E-state index >= 15 is 0 Å². The third-order valence-electron chi connectivity index (χ3n) is 3.42. The summed E-state index contributed by atoms with van der Waals surface area (Å²) in [6.07, 6.45) is 9.27. The summed E-state index contributed by atoms with van der Waals surface area (Å²) in [5, 5.41) is 13.3. The molecule has 0 rings (SSSR count). The molecule has 0 heterocycles. The molecule has 0 aromatic rings. The van der Waals surface area contributed by atoms with Gasteiger partial charge in [0.2, 0.25) is 5.91 Å². The van der Waals surface area contributed by atoms with Gasteiger partial charge < -0.3 is 5.32 Å². The third kappa shape index (κ3) is 7.56. The number of amides is 1. The van der Waals surface area contributed by atoms with E-state index in [1.54, 1.807) is 38.2 Å². The third-order valence-corrected chi connectivity index (χ3v) is 3.42. The van der Waals surface area contributed by atoms with Crippen LogP contribution in [-0.2, 0) is 9.59 Å². The summed E-state index contributed by atoms with van der Waals surface area (Å²) >= 11 is 0. The number of hydrogen-bond acceptors (Lipinski definition) is 4. The highest BCUT2D eigenvalue weighted by Crippen LogP contribution is 2.12. The number of nitrogens with zero attached hydrogens (tertiary/aromatic N) is 1. The number of nitro groups is 1. The van der Waals surface area contributed by atoms with Crippen molar-refractivity contribution in [2.75, 3.05) is 0 Å². The summed E-state index contributed by atoms with van der Waals surface area (Å²) in [5.41, 5.74) is 0.440. The fourth-order valence-electron chi connectivity index (χ4n) is 1.85. The standard InChI is InChI=1S/C19H26N2O4/c1-7-9-10-14(5)19(23)20-17(13(3)4)18(22)16(8-2)12-11-15(6)21(24)25/h7-13,17H,6H2,1-5H3,(H,20,23)/b9-7-,12-11-,14-10+,16-8+. The molecule has 136 valence electrons. The lowest BCUT2D eigenvalue weighted by Gasteiger charge is -2.21. The van der Waals surface area contributed by atoms with Crippen LogP contribution < -0.4 is 5.32 Å². The first-order chi connectivity index (χ1) is 11.6.